The van der Waals surface area contributed by atoms with Crippen molar-refractivity contribution in [2.75, 3.05) is 19.6 Å². The molecule has 1 heterocycles. The van der Waals surface area contributed by atoms with E-state index in [1.807, 2.05) is 0 Å². The Balaban J connectivity index is 0.00000121. The molecule has 0 bridgehead atoms. The van der Waals surface area contributed by atoms with E-state index in [1.165, 1.54) is 45.3 Å². The fraction of sp³-hybridized carbons (Fsp3) is 1.00. The second kappa shape index (κ2) is 6.41. The maximum atomic E-state index is 2.60. The molecule has 74 valence electrons. The molecule has 12 heavy (non-hydrogen) atoms. The van der Waals surface area contributed by atoms with Gasteiger partial charge in [-0.15, -0.1) is 0 Å². The lowest BCUT2D eigenvalue weighted by Gasteiger charge is -2.30. The molecule has 1 saturated heterocycles. The van der Waals surface area contributed by atoms with Gasteiger partial charge in [0.15, 0.2) is 0 Å². The summed E-state index contributed by atoms with van der Waals surface area (Å²) in [7, 11) is 0. The summed E-state index contributed by atoms with van der Waals surface area (Å²) < 4.78 is 0. The minimum absolute atomic E-state index is 0. The Labute approximate surface area is 75.5 Å². The smallest absolute Gasteiger partial charge is 0.00161 e. The third kappa shape index (κ3) is 3.53. The summed E-state index contributed by atoms with van der Waals surface area (Å²) in [5, 5.41) is 0. The van der Waals surface area contributed by atoms with Crippen LogP contribution < -0.4 is 0 Å². The van der Waals surface area contributed by atoms with E-state index < -0.39 is 0 Å². The first-order chi connectivity index (χ1) is 5.36. The first-order valence-electron chi connectivity index (χ1n) is 5.09. The molecule has 0 aromatic heterocycles. The number of likely N-dealkylation sites (tertiary alicyclic amines) is 1. The number of piperidine rings is 1. The molecule has 1 fully saturated rings. The van der Waals surface area contributed by atoms with Crippen LogP contribution in [0.3, 0.4) is 0 Å². The van der Waals surface area contributed by atoms with Gasteiger partial charge in [-0.3, -0.25) is 4.70 Å². The summed E-state index contributed by atoms with van der Waals surface area (Å²) in [4.78, 5) is 2.60. The SMILES string of the molecule is CCCN1CCC(CC)CC1.F. The average molecular weight is 175 g/mol. The van der Waals surface area contributed by atoms with Crippen LogP contribution in [-0.4, -0.2) is 24.5 Å². The lowest BCUT2D eigenvalue weighted by atomic mass is 9.94. The fourth-order valence-electron chi connectivity index (χ4n) is 1.93. The monoisotopic (exact) mass is 175 g/mol. The minimum Gasteiger partial charge on any atom is -0.303 e. The fourth-order valence-corrected chi connectivity index (χ4v) is 1.93. The van der Waals surface area contributed by atoms with Gasteiger partial charge in [-0.25, -0.2) is 0 Å². The number of hydrogen-bond acceptors (Lipinski definition) is 1. The summed E-state index contributed by atoms with van der Waals surface area (Å²) >= 11 is 0. The van der Waals surface area contributed by atoms with Gasteiger partial charge in [0, 0.05) is 0 Å². The molecule has 0 amide bonds. The zero-order chi connectivity index (χ0) is 8.10. The summed E-state index contributed by atoms with van der Waals surface area (Å²) in [5.41, 5.74) is 0. The Bertz CT molecular complexity index is 98.0. The second-order valence-corrected chi connectivity index (χ2v) is 3.69. The van der Waals surface area contributed by atoms with Gasteiger partial charge in [-0.2, -0.15) is 0 Å². The molecule has 1 aliphatic heterocycles. The Kier molecular flexibility index (Phi) is 6.35. The van der Waals surface area contributed by atoms with Crippen LogP contribution in [0, 0.1) is 5.92 Å². The molecule has 0 unspecified atom stereocenters. The highest BCUT2D eigenvalue weighted by molar-refractivity contribution is 4.70. The first-order valence-corrected chi connectivity index (χ1v) is 5.09. The number of hydrogen-bond donors (Lipinski definition) is 0. The zero-order valence-corrected chi connectivity index (χ0v) is 8.38. The van der Waals surface area contributed by atoms with Gasteiger partial charge in [-0.1, -0.05) is 20.3 Å². The van der Waals surface area contributed by atoms with E-state index >= 15 is 0 Å². The van der Waals surface area contributed by atoms with Crippen LogP contribution in [0.15, 0.2) is 0 Å². The van der Waals surface area contributed by atoms with Gasteiger partial charge in [0.1, 0.15) is 0 Å². The summed E-state index contributed by atoms with van der Waals surface area (Å²) in [6, 6.07) is 0. The highest BCUT2D eigenvalue weighted by Gasteiger charge is 2.16. The van der Waals surface area contributed by atoms with E-state index in [9.17, 15) is 0 Å². The van der Waals surface area contributed by atoms with Crippen LogP contribution >= 0.6 is 0 Å². The molecule has 0 saturated carbocycles. The second-order valence-electron chi connectivity index (χ2n) is 3.69. The summed E-state index contributed by atoms with van der Waals surface area (Å²) in [6.45, 7) is 8.61. The lowest BCUT2D eigenvalue weighted by molar-refractivity contribution is 0.182. The van der Waals surface area contributed by atoms with E-state index in [4.69, 9.17) is 0 Å². The van der Waals surface area contributed by atoms with E-state index in [0.29, 0.717) is 0 Å². The molecular weight excluding hydrogens is 153 g/mol. The molecular formula is C10H22FN. The topological polar surface area (TPSA) is 3.24 Å². The van der Waals surface area contributed by atoms with Gasteiger partial charge >= 0.3 is 0 Å². The van der Waals surface area contributed by atoms with E-state index in [0.717, 1.165) is 5.92 Å². The van der Waals surface area contributed by atoms with E-state index in [2.05, 4.69) is 18.7 Å². The Morgan fingerprint density at radius 3 is 2.17 bits per heavy atom. The molecule has 0 aromatic rings. The molecule has 0 aromatic carbocycles. The van der Waals surface area contributed by atoms with Gasteiger partial charge in [0.2, 0.25) is 0 Å². The molecule has 0 atom stereocenters. The molecule has 1 aliphatic rings. The van der Waals surface area contributed by atoms with Crippen LogP contribution in [0.4, 0.5) is 4.70 Å². The Hall–Kier alpha value is -0.110. The van der Waals surface area contributed by atoms with Crippen molar-refractivity contribution in [3.63, 3.8) is 0 Å². The summed E-state index contributed by atoms with van der Waals surface area (Å²) in [5.74, 6) is 1.03. The van der Waals surface area contributed by atoms with Crippen molar-refractivity contribution in [2.24, 2.45) is 5.92 Å². The predicted octanol–water partition coefficient (Wildman–Crippen LogP) is 2.67. The van der Waals surface area contributed by atoms with E-state index in [1.54, 1.807) is 0 Å². The van der Waals surface area contributed by atoms with Crippen LogP contribution in [0.1, 0.15) is 39.5 Å². The number of nitrogens with zero attached hydrogens (tertiary/aromatic N) is 1. The van der Waals surface area contributed by atoms with Crippen molar-refractivity contribution >= 4 is 0 Å². The largest absolute Gasteiger partial charge is 0.303 e. The lowest BCUT2D eigenvalue weighted by Crippen LogP contribution is -2.33. The third-order valence-corrected chi connectivity index (χ3v) is 2.82. The van der Waals surface area contributed by atoms with E-state index in [-0.39, 0.29) is 4.70 Å². The summed E-state index contributed by atoms with van der Waals surface area (Å²) in [6.07, 6.45) is 5.59. The van der Waals surface area contributed by atoms with Gasteiger partial charge < -0.3 is 4.90 Å². The highest BCUT2D eigenvalue weighted by atomic mass is 19.0. The van der Waals surface area contributed by atoms with Crippen molar-refractivity contribution in [3.05, 3.63) is 0 Å². The molecule has 0 radical (unpaired) electrons. The number of rotatable bonds is 3. The Morgan fingerprint density at radius 2 is 1.75 bits per heavy atom. The standard InChI is InChI=1S/C10H21N.FH/c1-3-7-11-8-5-10(4-2)6-9-11;/h10H,3-9H2,1-2H3;1H. The van der Waals surface area contributed by atoms with Crippen LogP contribution in [0.25, 0.3) is 0 Å². The predicted molar refractivity (Wildman–Crippen MR) is 52.2 cm³/mol. The van der Waals surface area contributed by atoms with Crippen molar-refractivity contribution in [2.45, 2.75) is 39.5 Å². The zero-order valence-electron chi connectivity index (χ0n) is 8.38. The number of halogens is 1. The normalized spacial score (nSPS) is 20.5. The minimum atomic E-state index is 0. The van der Waals surface area contributed by atoms with Crippen molar-refractivity contribution < 1.29 is 4.70 Å². The van der Waals surface area contributed by atoms with Crippen LogP contribution in [0.2, 0.25) is 0 Å². The van der Waals surface area contributed by atoms with Crippen LogP contribution in [-0.2, 0) is 0 Å². The molecule has 0 aliphatic carbocycles. The first kappa shape index (κ1) is 11.9. The molecule has 0 N–H and O–H groups in total. The van der Waals surface area contributed by atoms with Crippen molar-refractivity contribution in [3.8, 4) is 0 Å². The quantitative estimate of drug-likeness (QED) is 0.637. The maximum absolute atomic E-state index is 2.60. The van der Waals surface area contributed by atoms with Crippen molar-refractivity contribution in [1.82, 2.24) is 4.90 Å². The third-order valence-electron chi connectivity index (χ3n) is 2.82. The van der Waals surface area contributed by atoms with Crippen LogP contribution in [0.5, 0.6) is 0 Å². The Morgan fingerprint density at radius 1 is 1.17 bits per heavy atom. The molecule has 0 spiro atoms. The average Bonchev–Trinajstić information content (AvgIpc) is 2.07. The van der Waals surface area contributed by atoms with Gasteiger partial charge in [0.05, 0.1) is 0 Å². The van der Waals surface area contributed by atoms with Crippen molar-refractivity contribution in [1.29, 1.82) is 0 Å². The van der Waals surface area contributed by atoms with Gasteiger partial charge in [-0.05, 0) is 44.8 Å². The molecule has 1 nitrogen and oxygen atoms in total. The highest BCUT2D eigenvalue weighted by Crippen LogP contribution is 2.19. The molecule has 1 rings (SSSR count). The molecule has 2 heteroatoms. The maximum Gasteiger partial charge on any atom is -0.00161 e. The van der Waals surface area contributed by atoms with Gasteiger partial charge in [0.25, 0.3) is 0 Å².